The Balaban J connectivity index is 1.52. The smallest absolute Gasteiger partial charge is 0.292 e. The molecule has 0 aliphatic heterocycles. The first-order valence-corrected chi connectivity index (χ1v) is 11.9. The molecule has 0 atom stereocenters. The minimum absolute atomic E-state index is 0.0789. The van der Waals surface area contributed by atoms with Crippen LogP contribution in [0.3, 0.4) is 0 Å². The number of nitrogens with two attached hydrogens (primary N) is 1. The van der Waals surface area contributed by atoms with Crippen LogP contribution in [0.15, 0.2) is 42.5 Å². The van der Waals surface area contributed by atoms with E-state index in [1.165, 1.54) is 6.07 Å². The molecular weight excluding hydrogens is 460 g/mol. The maximum atomic E-state index is 11.7. The third-order valence-corrected chi connectivity index (χ3v) is 6.03. The van der Waals surface area contributed by atoms with Crippen molar-refractivity contribution < 1.29 is 9.72 Å². The summed E-state index contributed by atoms with van der Waals surface area (Å²) >= 11 is 0. The molecule has 0 bridgehead atoms. The number of benzene rings is 2. The average Bonchev–Trinajstić information content (AvgIpc) is 3.37. The Hall–Kier alpha value is -4.41. The second-order valence-electron chi connectivity index (χ2n) is 8.63. The molecule has 4 N–H and O–H groups in total. The lowest BCUT2D eigenvalue weighted by atomic mass is 10.1. The van der Waals surface area contributed by atoms with Crippen molar-refractivity contribution >= 4 is 40.1 Å². The predicted molar refractivity (Wildman–Crippen MR) is 140 cm³/mol. The maximum Gasteiger partial charge on any atom is 0.292 e. The standard InChI is InChI=1S/C25H30N8O3/c1-4-32-22(14-17(3)30-32)29-25-28-19-15-18(24(26)34)10-11-20(19)31(25)13-6-5-12-27-23-16(2)8-7-9-21(23)33(35)36/h7-11,14-15,27H,4-6,12-13H2,1-3H3,(H2,26,34)(H,28,29). The molecule has 2 heterocycles. The van der Waals surface area contributed by atoms with Gasteiger partial charge in [-0.15, -0.1) is 0 Å². The van der Waals surface area contributed by atoms with Gasteiger partial charge in [-0.1, -0.05) is 12.1 Å². The van der Waals surface area contributed by atoms with E-state index < -0.39 is 5.91 Å². The van der Waals surface area contributed by atoms with Crippen molar-refractivity contribution in [2.45, 2.75) is 46.7 Å². The third-order valence-electron chi connectivity index (χ3n) is 6.03. The minimum atomic E-state index is -0.503. The van der Waals surface area contributed by atoms with Crippen LogP contribution in [0.1, 0.15) is 41.4 Å². The van der Waals surface area contributed by atoms with Gasteiger partial charge in [-0.3, -0.25) is 14.9 Å². The highest BCUT2D eigenvalue weighted by Gasteiger charge is 2.16. The summed E-state index contributed by atoms with van der Waals surface area (Å²) < 4.78 is 3.94. The van der Waals surface area contributed by atoms with E-state index in [2.05, 4.69) is 20.3 Å². The molecule has 0 radical (unpaired) electrons. The number of carbonyl (C=O) groups excluding carboxylic acids is 1. The lowest BCUT2D eigenvalue weighted by Gasteiger charge is -2.13. The summed E-state index contributed by atoms with van der Waals surface area (Å²) in [4.78, 5) is 27.4. The van der Waals surface area contributed by atoms with Gasteiger partial charge in [-0.05, 0) is 57.4 Å². The number of imidazole rings is 1. The van der Waals surface area contributed by atoms with E-state index in [9.17, 15) is 14.9 Å². The van der Waals surface area contributed by atoms with Gasteiger partial charge in [0.1, 0.15) is 11.5 Å². The summed E-state index contributed by atoms with van der Waals surface area (Å²) in [5.74, 6) is 0.968. The molecule has 11 heteroatoms. The number of nitrogens with zero attached hydrogens (tertiary/aromatic N) is 5. The zero-order chi connectivity index (χ0) is 25.8. The van der Waals surface area contributed by atoms with Crippen LogP contribution in [0.2, 0.25) is 0 Å². The van der Waals surface area contributed by atoms with E-state index in [1.807, 2.05) is 43.7 Å². The number of nitro groups is 1. The van der Waals surface area contributed by atoms with Crippen LogP contribution in [-0.2, 0) is 13.1 Å². The van der Waals surface area contributed by atoms with Crippen molar-refractivity contribution in [2.24, 2.45) is 5.73 Å². The van der Waals surface area contributed by atoms with Gasteiger partial charge in [0, 0.05) is 37.3 Å². The molecule has 0 fully saturated rings. The summed E-state index contributed by atoms with van der Waals surface area (Å²) in [5, 5.41) is 22.5. The molecule has 36 heavy (non-hydrogen) atoms. The number of aryl methyl sites for hydroxylation is 4. The van der Waals surface area contributed by atoms with Crippen LogP contribution in [0.25, 0.3) is 11.0 Å². The highest BCUT2D eigenvalue weighted by Crippen LogP contribution is 2.28. The summed E-state index contributed by atoms with van der Waals surface area (Å²) in [6, 6.07) is 12.3. The monoisotopic (exact) mass is 490 g/mol. The predicted octanol–water partition coefficient (Wildman–Crippen LogP) is 4.51. The fraction of sp³-hybridized carbons (Fsp3) is 0.320. The van der Waals surface area contributed by atoms with Crippen LogP contribution in [0.4, 0.5) is 23.1 Å². The van der Waals surface area contributed by atoms with Gasteiger partial charge in [0.15, 0.2) is 0 Å². The molecule has 188 valence electrons. The average molecular weight is 491 g/mol. The first-order valence-electron chi connectivity index (χ1n) is 11.9. The molecule has 2 aromatic carbocycles. The Kier molecular flexibility index (Phi) is 7.18. The van der Waals surface area contributed by atoms with E-state index >= 15 is 0 Å². The van der Waals surface area contributed by atoms with Crippen molar-refractivity contribution in [1.82, 2.24) is 19.3 Å². The molecule has 0 unspecified atom stereocenters. The second kappa shape index (κ2) is 10.5. The van der Waals surface area contributed by atoms with Gasteiger partial charge < -0.3 is 20.9 Å². The fourth-order valence-corrected chi connectivity index (χ4v) is 4.25. The van der Waals surface area contributed by atoms with E-state index in [0.717, 1.165) is 35.4 Å². The van der Waals surface area contributed by atoms with E-state index in [-0.39, 0.29) is 10.6 Å². The number of rotatable bonds is 11. The third kappa shape index (κ3) is 5.14. The molecule has 0 aliphatic rings. The van der Waals surface area contributed by atoms with Crippen molar-refractivity contribution in [1.29, 1.82) is 0 Å². The molecule has 0 saturated carbocycles. The minimum Gasteiger partial charge on any atom is -0.379 e. The molecule has 4 aromatic rings. The number of aromatic nitrogens is 4. The van der Waals surface area contributed by atoms with Gasteiger partial charge >= 0.3 is 0 Å². The highest BCUT2D eigenvalue weighted by molar-refractivity contribution is 5.96. The number of hydrogen-bond acceptors (Lipinski definition) is 7. The number of primary amides is 1. The van der Waals surface area contributed by atoms with Gasteiger partial charge in [0.2, 0.25) is 11.9 Å². The number of para-hydroxylation sites is 1. The number of carbonyl (C=O) groups is 1. The number of fused-ring (bicyclic) bond motifs is 1. The Morgan fingerprint density at radius 1 is 1.17 bits per heavy atom. The first kappa shape index (κ1) is 24.7. The largest absolute Gasteiger partial charge is 0.379 e. The second-order valence-corrected chi connectivity index (χ2v) is 8.63. The quantitative estimate of drug-likeness (QED) is 0.159. The van der Waals surface area contributed by atoms with Gasteiger partial charge in [-0.25, -0.2) is 9.67 Å². The molecular formula is C25H30N8O3. The molecule has 2 aromatic heterocycles. The summed E-state index contributed by atoms with van der Waals surface area (Å²) in [6.45, 7) is 7.77. The maximum absolute atomic E-state index is 11.7. The number of amides is 1. The molecule has 0 aliphatic carbocycles. The summed E-state index contributed by atoms with van der Waals surface area (Å²) in [5.41, 5.74) is 9.78. The van der Waals surface area contributed by atoms with Crippen molar-refractivity contribution in [2.75, 3.05) is 17.2 Å². The summed E-state index contributed by atoms with van der Waals surface area (Å²) in [7, 11) is 0. The Morgan fingerprint density at radius 3 is 2.69 bits per heavy atom. The number of nitrogens with one attached hydrogen (secondary N) is 2. The van der Waals surface area contributed by atoms with Gasteiger partial charge in [0.05, 0.1) is 21.7 Å². The Morgan fingerprint density at radius 2 is 1.97 bits per heavy atom. The lowest BCUT2D eigenvalue weighted by Crippen LogP contribution is -2.11. The normalized spacial score (nSPS) is 11.1. The number of anilines is 3. The Bertz CT molecular complexity index is 1420. The van der Waals surface area contributed by atoms with Crippen LogP contribution in [0.5, 0.6) is 0 Å². The van der Waals surface area contributed by atoms with E-state index in [1.54, 1.807) is 18.2 Å². The van der Waals surface area contributed by atoms with E-state index in [0.29, 0.717) is 42.4 Å². The van der Waals surface area contributed by atoms with Crippen LogP contribution < -0.4 is 16.4 Å². The van der Waals surface area contributed by atoms with Crippen LogP contribution >= 0.6 is 0 Å². The molecule has 11 nitrogen and oxygen atoms in total. The molecule has 0 spiro atoms. The zero-order valence-corrected chi connectivity index (χ0v) is 20.6. The lowest BCUT2D eigenvalue weighted by molar-refractivity contribution is -0.384. The fourth-order valence-electron chi connectivity index (χ4n) is 4.25. The first-order chi connectivity index (χ1) is 17.3. The molecule has 1 amide bonds. The van der Waals surface area contributed by atoms with Crippen LogP contribution in [0, 0.1) is 24.0 Å². The van der Waals surface area contributed by atoms with Crippen molar-refractivity contribution in [3.8, 4) is 0 Å². The zero-order valence-electron chi connectivity index (χ0n) is 20.6. The number of nitro benzene ring substituents is 1. The van der Waals surface area contributed by atoms with Gasteiger partial charge in [0.25, 0.3) is 5.69 Å². The molecule has 0 saturated heterocycles. The topological polar surface area (TPSA) is 146 Å². The van der Waals surface area contributed by atoms with Crippen LogP contribution in [-0.4, -0.2) is 36.7 Å². The van der Waals surface area contributed by atoms with E-state index in [4.69, 9.17) is 10.7 Å². The van der Waals surface area contributed by atoms with Gasteiger partial charge in [-0.2, -0.15) is 5.10 Å². The van der Waals surface area contributed by atoms with Crippen molar-refractivity contribution in [3.63, 3.8) is 0 Å². The number of unbranched alkanes of at least 4 members (excludes halogenated alkanes) is 1. The SMILES string of the molecule is CCn1nc(C)cc1Nc1nc2cc(C(N)=O)ccc2n1CCCCNc1c(C)cccc1[N+](=O)[O-]. The summed E-state index contributed by atoms with van der Waals surface area (Å²) in [6.07, 6.45) is 1.59. The van der Waals surface area contributed by atoms with Crippen molar-refractivity contribution in [3.05, 3.63) is 69.4 Å². The highest BCUT2D eigenvalue weighted by atomic mass is 16.6. The Labute approximate surface area is 208 Å². The number of hydrogen-bond donors (Lipinski definition) is 3. The molecule has 4 rings (SSSR count).